The number of hydrogen-bond donors (Lipinski definition) is 2. The first-order valence-electron chi connectivity index (χ1n) is 8.84. The molecule has 1 amide bonds. The van der Waals surface area contributed by atoms with Crippen molar-refractivity contribution >= 4 is 30.7 Å². The molecule has 1 aliphatic heterocycles. The van der Waals surface area contributed by atoms with Gasteiger partial charge in [-0.2, -0.15) is 0 Å². The highest BCUT2D eigenvalue weighted by Crippen LogP contribution is 2.15. The molecular weight excluding hydrogens is 373 g/mol. The standard InChI is InChI=1S/C19H31N3O2.2ClH/c1-13-10-22(11-14(2)24-13)12-18-7-5-17(6-8-18)9-21-19(23)15(3)16(4)20;;/h5-8,13-16H,9-12,20H2,1-4H3,(H,21,23);2*1H. The van der Waals surface area contributed by atoms with Crippen molar-refractivity contribution in [3.8, 4) is 0 Å². The maximum absolute atomic E-state index is 11.9. The summed E-state index contributed by atoms with van der Waals surface area (Å²) in [5, 5.41) is 2.95. The van der Waals surface area contributed by atoms with Gasteiger partial charge in [-0.3, -0.25) is 9.69 Å². The van der Waals surface area contributed by atoms with Crippen LogP contribution in [0.15, 0.2) is 24.3 Å². The number of nitrogens with one attached hydrogen (secondary N) is 1. The van der Waals surface area contributed by atoms with Crippen molar-refractivity contribution < 1.29 is 9.53 Å². The van der Waals surface area contributed by atoms with Crippen LogP contribution in [0, 0.1) is 5.92 Å². The van der Waals surface area contributed by atoms with Crippen molar-refractivity contribution in [1.29, 1.82) is 0 Å². The van der Waals surface area contributed by atoms with Gasteiger partial charge >= 0.3 is 0 Å². The molecule has 4 atom stereocenters. The third-order valence-corrected chi connectivity index (χ3v) is 4.59. The van der Waals surface area contributed by atoms with E-state index >= 15 is 0 Å². The molecule has 0 radical (unpaired) electrons. The van der Waals surface area contributed by atoms with E-state index in [9.17, 15) is 4.79 Å². The van der Waals surface area contributed by atoms with E-state index in [0.717, 1.165) is 25.2 Å². The summed E-state index contributed by atoms with van der Waals surface area (Å²) in [5.74, 6) is -0.167. The molecule has 2 rings (SSSR count). The molecule has 0 spiro atoms. The first-order chi connectivity index (χ1) is 11.3. The molecule has 1 aliphatic rings. The Labute approximate surface area is 169 Å². The number of benzene rings is 1. The van der Waals surface area contributed by atoms with Crippen molar-refractivity contribution in [1.82, 2.24) is 10.2 Å². The Kier molecular flexibility index (Phi) is 11.4. The van der Waals surface area contributed by atoms with Crippen LogP contribution < -0.4 is 11.1 Å². The van der Waals surface area contributed by atoms with E-state index < -0.39 is 0 Å². The second-order valence-corrected chi connectivity index (χ2v) is 7.13. The number of nitrogens with two attached hydrogens (primary N) is 1. The second-order valence-electron chi connectivity index (χ2n) is 7.13. The molecule has 0 bridgehead atoms. The quantitative estimate of drug-likeness (QED) is 0.763. The van der Waals surface area contributed by atoms with Crippen molar-refractivity contribution in [2.75, 3.05) is 13.1 Å². The summed E-state index contributed by atoms with van der Waals surface area (Å²) < 4.78 is 5.77. The van der Waals surface area contributed by atoms with E-state index in [0.29, 0.717) is 6.54 Å². The molecule has 3 N–H and O–H groups in total. The average molecular weight is 406 g/mol. The van der Waals surface area contributed by atoms with E-state index in [1.54, 1.807) is 0 Å². The van der Waals surface area contributed by atoms with Gasteiger partial charge in [0.2, 0.25) is 5.91 Å². The number of halogens is 2. The molecule has 1 fully saturated rings. The zero-order chi connectivity index (χ0) is 17.7. The fraction of sp³-hybridized carbons (Fsp3) is 0.632. The number of carbonyl (C=O) groups excluding carboxylic acids is 1. The van der Waals surface area contributed by atoms with Crippen LogP contribution >= 0.6 is 24.8 Å². The van der Waals surface area contributed by atoms with Gasteiger partial charge in [0.15, 0.2) is 0 Å². The summed E-state index contributed by atoms with van der Waals surface area (Å²) in [5.41, 5.74) is 8.15. The lowest BCUT2D eigenvalue weighted by Gasteiger charge is -2.35. The van der Waals surface area contributed by atoms with E-state index in [-0.39, 0.29) is 54.9 Å². The Balaban J connectivity index is 0.00000312. The van der Waals surface area contributed by atoms with Gasteiger partial charge in [-0.15, -0.1) is 24.8 Å². The third kappa shape index (κ3) is 7.80. The Morgan fingerprint density at radius 3 is 2.15 bits per heavy atom. The summed E-state index contributed by atoms with van der Waals surface area (Å²) in [4.78, 5) is 14.4. The number of hydrogen-bond acceptors (Lipinski definition) is 4. The minimum absolute atomic E-state index is 0. The summed E-state index contributed by atoms with van der Waals surface area (Å²) in [6, 6.07) is 8.31. The van der Waals surface area contributed by atoms with E-state index in [1.807, 2.05) is 13.8 Å². The largest absolute Gasteiger partial charge is 0.373 e. The lowest BCUT2D eigenvalue weighted by molar-refractivity contribution is -0.125. The summed E-state index contributed by atoms with van der Waals surface area (Å²) in [6.45, 7) is 11.4. The molecule has 1 aromatic carbocycles. The first kappa shape index (κ1) is 25.1. The molecule has 150 valence electrons. The molecule has 1 aromatic rings. The van der Waals surface area contributed by atoms with Crippen molar-refractivity contribution in [3.05, 3.63) is 35.4 Å². The molecule has 7 heteroatoms. The smallest absolute Gasteiger partial charge is 0.224 e. The van der Waals surface area contributed by atoms with Crippen LogP contribution in [-0.4, -0.2) is 42.1 Å². The SMILES string of the molecule is CC1CN(Cc2ccc(CNC(=O)C(C)C(C)N)cc2)CC(C)O1.Cl.Cl. The van der Waals surface area contributed by atoms with Gasteiger partial charge in [0, 0.05) is 38.1 Å². The number of amides is 1. The van der Waals surface area contributed by atoms with Crippen LogP contribution in [0.3, 0.4) is 0 Å². The normalized spacial score (nSPS) is 22.5. The first-order valence-corrected chi connectivity index (χ1v) is 8.84. The lowest BCUT2D eigenvalue weighted by Crippen LogP contribution is -2.44. The van der Waals surface area contributed by atoms with Gasteiger partial charge in [-0.25, -0.2) is 0 Å². The number of ether oxygens (including phenoxy) is 1. The zero-order valence-corrected chi connectivity index (χ0v) is 17.7. The summed E-state index contributed by atoms with van der Waals surface area (Å²) in [7, 11) is 0. The number of rotatable bonds is 6. The predicted molar refractivity (Wildman–Crippen MR) is 111 cm³/mol. The Bertz CT molecular complexity index is 530. The van der Waals surface area contributed by atoms with Crippen LogP contribution in [-0.2, 0) is 22.6 Å². The molecule has 0 aromatic heterocycles. The minimum atomic E-state index is -0.172. The van der Waals surface area contributed by atoms with Crippen molar-refractivity contribution in [3.63, 3.8) is 0 Å². The molecule has 0 aliphatic carbocycles. The van der Waals surface area contributed by atoms with Crippen LogP contribution in [0.5, 0.6) is 0 Å². The number of nitrogens with zero attached hydrogens (tertiary/aromatic N) is 1. The molecule has 5 nitrogen and oxygen atoms in total. The van der Waals surface area contributed by atoms with Gasteiger partial charge in [-0.05, 0) is 31.9 Å². The molecule has 26 heavy (non-hydrogen) atoms. The number of morpholine rings is 1. The topological polar surface area (TPSA) is 67.6 Å². The van der Waals surface area contributed by atoms with Gasteiger partial charge in [0.05, 0.1) is 12.2 Å². The van der Waals surface area contributed by atoms with Crippen LogP contribution in [0.1, 0.15) is 38.8 Å². The molecule has 1 heterocycles. The monoisotopic (exact) mass is 405 g/mol. The van der Waals surface area contributed by atoms with Gasteiger partial charge in [-0.1, -0.05) is 31.2 Å². The van der Waals surface area contributed by atoms with Gasteiger partial charge < -0.3 is 15.8 Å². The zero-order valence-electron chi connectivity index (χ0n) is 16.1. The van der Waals surface area contributed by atoms with E-state index in [2.05, 4.69) is 48.3 Å². The van der Waals surface area contributed by atoms with Crippen LogP contribution in [0.25, 0.3) is 0 Å². The highest BCUT2D eigenvalue weighted by molar-refractivity contribution is 5.85. The molecule has 0 saturated carbocycles. The van der Waals surface area contributed by atoms with Crippen molar-refractivity contribution in [2.45, 2.75) is 59.0 Å². The van der Waals surface area contributed by atoms with Gasteiger partial charge in [0.1, 0.15) is 0 Å². The fourth-order valence-corrected chi connectivity index (χ4v) is 3.02. The summed E-state index contributed by atoms with van der Waals surface area (Å²) in [6.07, 6.45) is 0.574. The molecule has 4 unspecified atom stereocenters. The van der Waals surface area contributed by atoms with Crippen LogP contribution in [0.2, 0.25) is 0 Å². The average Bonchev–Trinajstić information content (AvgIpc) is 2.52. The van der Waals surface area contributed by atoms with Crippen LogP contribution in [0.4, 0.5) is 0 Å². The minimum Gasteiger partial charge on any atom is -0.373 e. The lowest BCUT2D eigenvalue weighted by atomic mass is 10.0. The van der Waals surface area contributed by atoms with E-state index in [1.165, 1.54) is 5.56 Å². The second kappa shape index (κ2) is 11.8. The summed E-state index contributed by atoms with van der Waals surface area (Å²) >= 11 is 0. The van der Waals surface area contributed by atoms with Crippen molar-refractivity contribution in [2.24, 2.45) is 11.7 Å². The Hall–Kier alpha value is -0.850. The highest BCUT2D eigenvalue weighted by Gasteiger charge is 2.22. The third-order valence-electron chi connectivity index (χ3n) is 4.59. The molecule has 1 saturated heterocycles. The Morgan fingerprint density at radius 1 is 1.15 bits per heavy atom. The number of carbonyl (C=O) groups is 1. The fourth-order valence-electron chi connectivity index (χ4n) is 3.02. The Morgan fingerprint density at radius 2 is 1.65 bits per heavy atom. The predicted octanol–water partition coefficient (Wildman–Crippen LogP) is 2.74. The maximum Gasteiger partial charge on any atom is 0.224 e. The highest BCUT2D eigenvalue weighted by atomic mass is 35.5. The van der Waals surface area contributed by atoms with E-state index in [4.69, 9.17) is 10.5 Å². The molecular formula is C19H33Cl2N3O2. The van der Waals surface area contributed by atoms with Gasteiger partial charge in [0.25, 0.3) is 0 Å². The maximum atomic E-state index is 11.9.